The van der Waals surface area contributed by atoms with E-state index in [1.807, 2.05) is 59.8 Å². The summed E-state index contributed by atoms with van der Waals surface area (Å²) in [7, 11) is 0. The number of pyridine rings is 2. The molecule has 0 radical (unpaired) electrons. The molecule has 0 saturated carbocycles. The molecule has 13 heteroatoms. The van der Waals surface area contributed by atoms with E-state index in [0.717, 1.165) is 5.56 Å². The topological polar surface area (TPSA) is 148 Å². The van der Waals surface area contributed by atoms with Gasteiger partial charge >= 0.3 is 0 Å². The molecule has 1 saturated heterocycles. The molecule has 5 aromatic rings. The standard InChI is InChI=1S/C31H35N9O4/c1-4-12-39-30(42)22-10-11-26(35-28(22)40(39)20(2)3)34-27-17-24(33-25(19-41)21-8-6-5-7-9-21)23(18-32-27)29-36-31(37-44-29)38-13-15-43-16-14-38/h4-11,17-18,20,25,41H,1,12-16,19H2,2-3H3,(H2,32,33,34,35)/t25-/m1/s1. The molecule has 3 N–H and O–H groups in total. The molecule has 0 spiro atoms. The lowest BCUT2D eigenvalue weighted by molar-refractivity contribution is 0.121. The van der Waals surface area contributed by atoms with Crippen LogP contribution in [0.15, 0.2) is 76.7 Å². The van der Waals surface area contributed by atoms with E-state index in [9.17, 15) is 9.90 Å². The molecule has 1 fully saturated rings. The Morgan fingerprint density at radius 2 is 1.89 bits per heavy atom. The molecule has 0 aliphatic carbocycles. The Kier molecular flexibility index (Phi) is 8.39. The van der Waals surface area contributed by atoms with Gasteiger partial charge in [-0.1, -0.05) is 36.4 Å². The second kappa shape index (κ2) is 12.7. The zero-order valence-corrected chi connectivity index (χ0v) is 24.7. The summed E-state index contributed by atoms with van der Waals surface area (Å²) in [5, 5.41) is 21.7. The van der Waals surface area contributed by atoms with E-state index in [1.165, 1.54) is 0 Å². The summed E-state index contributed by atoms with van der Waals surface area (Å²) in [5.41, 5.74) is 2.57. The number of allylic oxidation sites excluding steroid dienone is 1. The maximum absolute atomic E-state index is 13.0. The van der Waals surface area contributed by atoms with Crippen LogP contribution in [0.2, 0.25) is 0 Å². The fourth-order valence-corrected chi connectivity index (χ4v) is 5.30. The van der Waals surface area contributed by atoms with Gasteiger partial charge in [0.2, 0.25) is 0 Å². The van der Waals surface area contributed by atoms with Gasteiger partial charge in [0.05, 0.1) is 49.0 Å². The average Bonchev–Trinajstić information content (AvgIpc) is 3.64. The molecular weight excluding hydrogens is 562 g/mol. The number of morpholine rings is 1. The first-order valence-electron chi connectivity index (χ1n) is 14.6. The Hall–Kier alpha value is -5.01. The van der Waals surface area contributed by atoms with E-state index in [-0.39, 0.29) is 18.2 Å². The van der Waals surface area contributed by atoms with Crippen molar-refractivity contribution in [2.75, 3.05) is 48.4 Å². The molecule has 0 bridgehead atoms. The fraction of sp³-hybridized carbons (Fsp3) is 0.323. The normalized spacial score (nSPS) is 14.2. The molecule has 1 aliphatic rings. The minimum absolute atomic E-state index is 0.00118. The third-order valence-corrected chi connectivity index (χ3v) is 7.42. The molecule has 6 rings (SSSR count). The summed E-state index contributed by atoms with van der Waals surface area (Å²) in [4.78, 5) is 29.1. The van der Waals surface area contributed by atoms with Gasteiger partial charge in [-0.05, 0) is 36.7 Å². The number of aromatic nitrogens is 6. The molecule has 4 aromatic heterocycles. The van der Waals surface area contributed by atoms with Gasteiger partial charge in [0.1, 0.15) is 11.6 Å². The van der Waals surface area contributed by atoms with E-state index in [4.69, 9.17) is 14.2 Å². The van der Waals surface area contributed by atoms with Crippen molar-refractivity contribution in [1.29, 1.82) is 0 Å². The molecule has 0 unspecified atom stereocenters. The van der Waals surface area contributed by atoms with E-state index >= 15 is 0 Å². The Labute approximate surface area is 253 Å². The van der Waals surface area contributed by atoms with Crippen LogP contribution >= 0.6 is 0 Å². The van der Waals surface area contributed by atoms with Crippen molar-refractivity contribution in [3.8, 4) is 11.5 Å². The van der Waals surface area contributed by atoms with Crippen molar-refractivity contribution in [2.24, 2.45) is 0 Å². The maximum atomic E-state index is 13.0. The van der Waals surface area contributed by atoms with Gasteiger partial charge < -0.3 is 29.9 Å². The molecule has 228 valence electrons. The molecule has 1 aliphatic heterocycles. The van der Waals surface area contributed by atoms with Crippen molar-refractivity contribution >= 4 is 34.3 Å². The molecule has 1 aromatic carbocycles. The molecular formula is C31H35N9O4. The second-order valence-corrected chi connectivity index (χ2v) is 10.7. The highest BCUT2D eigenvalue weighted by atomic mass is 16.5. The summed E-state index contributed by atoms with van der Waals surface area (Å²) in [6, 6.07) is 14.6. The van der Waals surface area contributed by atoms with Crippen molar-refractivity contribution in [2.45, 2.75) is 32.5 Å². The van der Waals surface area contributed by atoms with Crippen LogP contribution in [0.1, 0.15) is 31.5 Å². The molecule has 1 atom stereocenters. The van der Waals surface area contributed by atoms with Crippen molar-refractivity contribution < 1.29 is 14.4 Å². The predicted molar refractivity (Wildman–Crippen MR) is 168 cm³/mol. The Balaban J connectivity index is 1.37. The Morgan fingerprint density at radius 3 is 2.61 bits per heavy atom. The minimum atomic E-state index is -0.411. The van der Waals surface area contributed by atoms with Gasteiger partial charge in [0, 0.05) is 31.4 Å². The highest BCUT2D eigenvalue weighted by molar-refractivity contribution is 5.79. The number of nitrogens with one attached hydrogen (secondary N) is 2. The number of fused-ring (bicyclic) bond motifs is 1. The van der Waals surface area contributed by atoms with Crippen LogP contribution in [0.3, 0.4) is 0 Å². The third-order valence-electron chi connectivity index (χ3n) is 7.42. The minimum Gasteiger partial charge on any atom is -0.394 e. The highest BCUT2D eigenvalue weighted by Gasteiger charge is 2.22. The number of aliphatic hydroxyl groups excluding tert-OH is 1. The second-order valence-electron chi connectivity index (χ2n) is 10.7. The van der Waals surface area contributed by atoms with E-state index in [1.54, 1.807) is 29.1 Å². The molecule has 5 heterocycles. The zero-order chi connectivity index (χ0) is 30.6. The Bertz CT molecular complexity index is 1810. The average molecular weight is 598 g/mol. The smallest absolute Gasteiger partial charge is 0.276 e. The van der Waals surface area contributed by atoms with Crippen LogP contribution < -0.4 is 21.1 Å². The summed E-state index contributed by atoms with van der Waals surface area (Å²) in [6.45, 7) is 10.6. The summed E-state index contributed by atoms with van der Waals surface area (Å²) in [5.74, 6) is 1.78. The summed E-state index contributed by atoms with van der Waals surface area (Å²) < 4.78 is 14.6. The number of anilines is 4. The van der Waals surface area contributed by atoms with Crippen LogP contribution in [0.4, 0.5) is 23.3 Å². The van der Waals surface area contributed by atoms with Crippen molar-refractivity contribution in [1.82, 2.24) is 29.5 Å². The first-order valence-corrected chi connectivity index (χ1v) is 14.6. The van der Waals surface area contributed by atoms with Crippen LogP contribution in [0.25, 0.3) is 22.5 Å². The van der Waals surface area contributed by atoms with Gasteiger partial charge in [-0.2, -0.15) is 4.98 Å². The van der Waals surface area contributed by atoms with Gasteiger partial charge in [0.25, 0.3) is 17.4 Å². The molecule has 13 nitrogen and oxygen atoms in total. The van der Waals surface area contributed by atoms with E-state index < -0.39 is 6.04 Å². The van der Waals surface area contributed by atoms with Gasteiger partial charge in [-0.3, -0.25) is 9.48 Å². The summed E-state index contributed by atoms with van der Waals surface area (Å²) in [6.07, 6.45) is 3.34. The predicted octanol–water partition coefficient (Wildman–Crippen LogP) is 4.14. The lowest BCUT2D eigenvalue weighted by Crippen LogP contribution is -2.36. The number of nitrogens with zero attached hydrogens (tertiary/aromatic N) is 7. The third kappa shape index (κ3) is 5.79. The summed E-state index contributed by atoms with van der Waals surface area (Å²) >= 11 is 0. The number of hydrogen-bond acceptors (Lipinski definition) is 11. The first-order chi connectivity index (χ1) is 21.5. The van der Waals surface area contributed by atoms with E-state index in [0.29, 0.717) is 78.6 Å². The zero-order valence-electron chi connectivity index (χ0n) is 24.7. The monoisotopic (exact) mass is 597 g/mol. The number of hydrogen-bond donors (Lipinski definition) is 3. The number of rotatable bonds is 11. The van der Waals surface area contributed by atoms with Crippen LogP contribution in [0.5, 0.6) is 0 Å². The van der Waals surface area contributed by atoms with Crippen molar-refractivity contribution in [3.63, 3.8) is 0 Å². The largest absolute Gasteiger partial charge is 0.394 e. The quantitative estimate of drug-likeness (QED) is 0.189. The highest BCUT2D eigenvalue weighted by Crippen LogP contribution is 2.33. The van der Waals surface area contributed by atoms with Gasteiger partial charge in [-0.25, -0.2) is 14.6 Å². The van der Waals surface area contributed by atoms with Gasteiger partial charge in [0.15, 0.2) is 5.65 Å². The number of aliphatic hydroxyl groups is 1. The number of benzene rings is 1. The molecule has 0 amide bonds. The van der Waals surface area contributed by atoms with Gasteiger partial charge in [-0.15, -0.1) is 6.58 Å². The number of ether oxygens (including phenoxy) is 1. The lowest BCUT2D eigenvalue weighted by atomic mass is 10.1. The fourth-order valence-electron chi connectivity index (χ4n) is 5.30. The van der Waals surface area contributed by atoms with E-state index in [2.05, 4.69) is 32.3 Å². The SMILES string of the molecule is C=CCn1c(=O)c2ccc(Nc3cc(N[C@H](CO)c4ccccc4)c(-c4nc(N5CCOCC5)no4)cn3)nc2n1C(C)C. The lowest BCUT2D eigenvalue weighted by Gasteiger charge is -2.24. The van der Waals surface area contributed by atoms with Crippen LogP contribution in [-0.2, 0) is 11.3 Å². The molecule has 44 heavy (non-hydrogen) atoms. The van der Waals surface area contributed by atoms with Crippen molar-refractivity contribution in [3.05, 3.63) is 83.3 Å². The Morgan fingerprint density at radius 1 is 1.09 bits per heavy atom. The maximum Gasteiger partial charge on any atom is 0.276 e. The first kappa shape index (κ1) is 29.1. The van der Waals surface area contributed by atoms with Crippen LogP contribution in [0, 0.1) is 0 Å². The van der Waals surface area contributed by atoms with Crippen LogP contribution in [-0.4, -0.2) is 67.5 Å².